The minimum absolute atomic E-state index is 0.449. The molecule has 22 nitrogen and oxygen atoms in total. The number of carbonyl (C=O) groups is 4. The molecule has 58 heavy (non-hydrogen) atoms. The van der Waals surface area contributed by atoms with Crippen LogP contribution < -0.4 is 0 Å². The third-order valence-corrected chi connectivity index (χ3v) is 7.63. The molecule has 4 aromatic rings. The summed E-state index contributed by atoms with van der Waals surface area (Å²) in [7, 11) is 0. The Morgan fingerprint density at radius 1 is 0.500 bits per heavy atom. The molecule has 0 saturated heterocycles. The summed E-state index contributed by atoms with van der Waals surface area (Å²) in [6.07, 6.45) is -5.29. The normalized spacial score (nSPS) is 12.8. The number of phenolic OH excluding ortho intramolecular Hbond substituents is 12. The molecular weight excluding hydrogens is 784 g/mol. The number of rotatable bonds is 14. The number of ether oxygens (including phenoxy) is 5. The van der Waals surface area contributed by atoms with Crippen LogP contribution in [0.3, 0.4) is 0 Å². The van der Waals surface area contributed by atoms with Crippen molar-refractivity contribution < 1.29 is 109 Å². The molecule has 0 fully saturated rings. The smallest absolute Gasteiger partial charge is 0.343 e. The minimum atomic E-state index is -1.98. The number of esters is 4. The van der Waals surface area contributed by atoms with Crippen LogP contribution in [0, 0.1) is 0 Å². The fraction of sp³-hybridized carbons (Fsp3) is 0.167. The van der Waals surface area contributed by atoms with Gasteiger partial charge in [-0.1, -0.05) is 0 Å². The topological polar surface area (TPSA) is 377 Å². The first kappa shape index (κ1) is 42.6. The maximum Gasteiger partial charge on any atom is 0.343 e. The van der Waals surface area contributed by atoms with E-state index < -0.39 is 152 Å². The molecule has 0 heterocycles. The van der Waals surface area contributed by atoms with Gasteiger partial charge in [0, 0.05) is 0 Å². The van der Waals surface area contributed by atoms with Gasteiger partial charge in [0.25, 0.3) is 0 Å². The van der Waals surface area contributed by atoms with E-state index in [4.69, 9.17) is 23.7 Å². The lowest BCUT2D eigenvalue weighted by molar-refractivity contribution is -0.0992. The first-order valence-corrected chi connectivity index (χ1v) is 16.0. The number of phenols is 12. The van der Waals surface area contributed by atoms with Gasteiger partial charge in [-0.2, -0.15) is 0 Å². The van der Waals surface area contributed by atoms with Gasteiger partial charge in [-0.05, 0) is 55.5 Å². The molecule has 0 bridgehead atoms. The summed E-state index contributed by atoms with van der Waals surface area (Å²) in [4.78, 5) is 52.0. The van der Waals surface area contributed by atoms with Crippen molar-refractivity contribution in [2.75, 3.05) is 13.2 Å². The Morgan fingerprint density at radius 2 is 0.828 bits per heavy atom. The van der Waals surface area contributed by atoms with E-state index in [9.17, 15) is 85.6 Å². The summed E-state index contributed by atoms with van der Waals surface area (Å²) < 4.78 is 26.5. The molecule has 0 spiro atoms. The van der Waals surface area contributed by atoms with Gasteiger partial charge < -0.3 is 90.1 Å². The van der Waals surface area contributed by atoms with E-state index in [0.717, 1.165) is 6.92 Å². The van der Waals surface area contributed by atoms with E-state index in [1.807, 2.05) is 0 Å². The molecule has 22 heteroatoms. The van der Waals surface area contributed by atoms with E-state index in [1.165, 1.54) is 0 Å². The molecule has 0 saturated carbocycles. The van der Waals surface area contributed by atoms with Gasteiger partial charge in [0.15, 0.2) is 93.6 Å². The van der Waals surface area contributed by atoms with Crippen LogP contribution in [0.15, 0.2) is 60.6 Å². The van der Waals surface area contributed by atoms with Crippen molar-refractivity contribution in [3.63, 3.8) is 0 Å². The number of carbonyl (C=O) groups excluding carboxylic acids is 4. The third kappa shape index (κ3) is 9.93. The average Bonchev–Trinajstić information content (AvgIpc) is 3.17. The zero-order chi connectivity index (χ0) is 43.2. The zero-order valence-electron chi connectivity index (χ0n) is 29.3. The van der Waals surface area contributed by atoms with Gasteiger partial charge in [0.1, 0.15) is 12.9 Å². The highest BCUT2D eigenvalue weighted by Gasteiger charge is 2.35. The van der Waals surface area contributed by atoms with Crippen molar-refractivity contribution in [3.8, 4) is 69.0 Å². The van der Waals surface area contributed by atoms with E-state index in [0.29, 0.717) is 54.8 Å². The fourth-order valence-corrected chi connectivity index (χ4v) is 4.70. The Bertz CT molecular complexity index is 2190. The minimum Gasteiger partial charge on any atom is -0.504 e. The van der Waals surface area contributed by atoms with Crippen LogP contribution in [0.1, 0.15) is 48.4 Å². The summed E-state index contributed by atoms with van der Waals surface area (Å²) >= 11 is 0. The number of hydrogen-bond donors (Lipinski definition) is 13. The SMILES string of the molecule is CC(O)C(OC(=O)c1cc(O)c(O)c(O)c1)C(COC(=O)c1cc(O)c(O)c(O)c1)O/C(=C\OC(=O)c1cc(O)c(O)c(O)c1)COC(=O)c1cc(O)c(O)c(O)c1. The van der Waals surface area contributed by atoms with Crippen LogP contribution in [-0.2, 0) is 23.7 Å². The van der Waals surface area contributed by atoms with E-state index >= 15 is 0 Å². The second-order valence-corrected chi connectivity index (χ2v) is 11.9. The zero-order valence-corrected chi connectivity index (χ0v) is 29.3. The van der Waals surface area contributed by atoms with Crippen molar-refractivity contribution in [2.45, 2.75) is 25.2 Å². The summed E-state index contributed by atoms with van der Waals surface area (Å²) in [5.74, 6) is -17.8. The van der Waals surface area contributed by atoms with Gasteiger partial charge >= 0.3 is 23.9 Å². The first-order chi connectivity index (χ1) is 27.2. The molecule has 308 valence electrons. The number of aliphatic hydroxyl groups excluding tert-OH is 1. The van der Waals surface area contributed by atoms with E-state index in [-0.39, 0.29) is 0 Å². The van der Waals surface area contributed by atoms with Gasteiger partial charge in [-0.25, -0.2) is 19.2 Å². The lowest BCUT2D eigenvalue weighted by atomic mass is 10.1. The van der Waals surface area contributed by atoms with Crippen LogP contribution in [0.2, 0.25) is 0 Å². The largest absolute Gasteiger partial charge is 0.504 e. The van der Waals surface area contributed by atoms with Crippen LogP contribution in [0.25, 0.3) is 0 Å². The molecule has 0 aromatic heterocycles. The fourth-order valence-electron chi connectivity index (χ4n) is 4.70. The molecule has 3 atom stereocenters. The Labute approximate surface area is 323 Å². The molecule has 4 aromatic carbocycles. The standard InChI is InChI=1S/C36H32O22/c1-13(37)32(58-36(53)17-8-25(44)31(49)26(45)9-17)27(12-56-35(52)16-6-23(42)30(48)24(43)7-16)57-18(10-54-33(50)14-2-19(38)28(46)20(39)3-14)11-55-34(51)15-4-21(40)29(47)22(41)5-15/h2-10,13,27,32,37-49H,11-12H2,1H3/b18-10-. The summed E-state index contributed by atoms with van der Waals surface area (Å²) in [6, 6.07) is 5.44. The number of hydrogen-bond acceptors (Lipinski definition) is 22. The average molecular weight is 817 g/mol. The van der Waals surface area contributed by atoms with Crippen LogP contribution >= 0.6 is 0 Å². The van der Waals surface area contributed by atoms with Crippen molar-refractivity contribution in [2.24, 2.45) is 0 Å². The molecule has 0 aliphatic rings. The Kier molecular flexibility index (Phi) is 12.9. The Morgan fingerprint density at radius 3 is 1.19 bits per heavy atom. The highest BCUT2D eigenvalue weighted by molar-refractivity contribution is 5.93. The van der Waals surface area contributed by atoms with Crippen molar-refractivity contribution in [1.82, 2.24) is 0 Å². The van der Waals surface area contributed by atoms with E-state index in [1.54, 1.807) is 0 Å². The number of aromatic hydroxyl groups is 12. The molecular formula is C36H32O22. The molecule has 0 aliphatic carbocycles. The summed E-state index contributed by atoms with van der Waals surface area (Å²) in [5, 5.41) is 128. The van der Waals surface area contributed by atoms with Crippen LogP contribution in [0.5, 0.6) is 69.0 Å². The molecule has 3 unspecified atom stereocenters. The van der Waals surface area contributed by atoms with Gasteiger partial charge in [0.2, 0.25) is 0 Å². The predicted molar refractivity (Wildman–Crippen MR) is 186 cm³/mol. The first-order valence-electron chi connectivity index (χ1n) is 16.0. The highest BCUT2D eigenvalue weighted by atomic mass is 16.6. The maximum absolute atomic E-state index is 13.2. The number of benzene rings is 4. The van der Waals surface area contributed by atoms with Crippen LogP contribution in [-0.4, -0.2) is 122 Å². The van der Waals surface area contributed by atoms with Crippen molar-refractivity contribution in [1.29, 1.82) is 0 Å². The van der Waals surface area contributed by atoms with Gasteiger partial charge in [-0.15, -0.1) is 0 Å². The van der Waals surface area contributed by atoms with Crippen molar-refractivity contribution >= 4 is 23.9 Å². The van der Waals surface area contributed by atoms with E-state index in [2.05, 4.69) is 0 Å². The quantitative estimate of drug-likeness (QED) is 0.0374. The maximum atomic E-state index is 13.2. The molecule has 13 N–H and O–H groups in total. The van der Waals surface area contributed by atoms with Gasteiger partial charge in [-0.3, -0.25) is 0 Å². The third-order valence-electron chi connectivity index (χ3n) is 7.63. The lowest BCUT2D eigenvalue weighted by Gasteiger charge is -2.30. The Balaban J connectivity index is 1.74. The highest BCUT2D eigenvalue weighted by Crippen LogP contribution is 2.38. The van der Waals surface area contributed by atoms with Gasteiger partial charge in [0.05, 0.1) is 28.4 Å². The Hall–Kier alpha value is -8.14. The molecule has 0 radical (unpaired) electrons. The van der Waals surface area contributed by atoms with Crippen molar-refractivity contribution in [3.05, 3.63) is 82.8 Å². The second-order valence-electron chi connectivity index (χ2n) is 11.9. The molecule has 4 rings (SSSR count). The lowest BCUT2D eigenvalue weighted by Crippen LogP contribution is -2.44. The predicted octanol–water partition coefficient (Wildman–Crippen LogP) is 1.86. The molecule has 0 amide bonds. The summed E-state index contributed by atoms with van der Waals surface area (Å²) in [5.41, 5.74) is -2.30. The summed E-state index contributed by atoms with van der Waals surface area (Å²) in [6.45, 7) is -1.13. The molecule has 0 aliphatic heterocycles. The van der Waals surface area contributed by atoms with Crippen LogP contribution in [0.4, 0.5) is 0 Å². The monoisotopic (exact) mass is 816 g/mol. The second kappa shape index (κ2) is 17.5. The number of aliphatic hydroxyl groups is 1.